The molecule has 0 spiro atoms. The van der Waals surface area contributed by atoms with E-state index in [9.17, 15) is 26.4 Å². The largest absolute Gasteiger partial charge is 0.476 e. The molecule has 2 aromatic carbocycles. The molecule has 2 aliphatic rings. The standard InChI is InChI=1S/C28H28ClF3N4O4S.ClH/c29-22-7-11-24(12-8-22)41(38,39)36-15-3-13-27(20-36,40-23-9-5-21(6-10-23)28(30,31)32)26(37)35-18-16-34(17-19-35)25-4-1-2-14-33-25;/h1-2,4-12,14H,3,13,15-20H2;1H. The van der Waals surface area contributed by atoms with Crippen molar-refractivity contribution >= 4 is 45.8 Å². The lowest BCUT2D eigenvalue weighted by molar-refractivity contribution is -0.152. The average molecular weight is 646 g/mol. The highest BCUT2D eigenvalue weighted by Crippen LogP contribution is 2.35. The Morgan fingerprint density at radius 3 is 2.19 bits per heavy atom. The number of pyridine rings is 1. The number of carbonyl (C=O) groups is 1. The van der Waals surface area contributed by atoms with Gasteiger partial charge in [-0.25, -0.2) is 13.4 Å². The van der Waals surface area contributed by atoms with Crippen LogP contribution in [0.3, 0.4) is 0 Å². The Bertz CT molecular complexity index is 1470. The van der Waals surface area contributed by atoms with E-state index in [1.54, 1.807) is 11.1 Å². The van der Waals surface area contributed by atoms with Crippen LogP contribution in [0.4, 0.5) is 19.0 Å². The van der Waals surface area contributed by atoms with E-state index in [2.05, 4.69) is 4.98 Å². The number of anilines is 1. The highest BCUT2D eigenvalue weighted by molar-refractivity contribution is 7.89. The second-order valence-electron chi connectivity index (χ2n) is 9.98. The van der Waals surface area contributed by atoms with E-state index >= 15 is 0 Å². The maximum absolute atomic E-state index is 14.2. The number of alkyl halides is 3. The van der Waals surface area contributed by atoms with Crippen LogP contribution in [0.15, 0.2) is 77.8 Å². The van der Waals surface area contributed by atoms with Gasteiger partial charge in [-0.2, -0.15) is 17.5 Å². The van der Waals surface area contributed by atoms with Gasteiger partial charge in [0.05, 0.1) is 17.0 Å². The zero-order valence-electron chi connectivity index (χ0n) is 22.3. The number of benzene rings is 2. The molecule has 1 aromatic heterocycles. The summed E-state index contributed by atoms with van der Waals surface area (Å²) >= 11 is 5.94. The molecule has 2 fully saturated rings. The van der Waals surface area contributed by atoms with E-state index in [1.807, 2.05) is 23.1 Å². The van der Waals surface area contributed by atoms with Crippen molar-refractivity contribution in [3.8, 4) is 5.75 Å². The van der Waals surface area contributed by atoms with Crippen LogP contribution in [-0.2, 0) is 21.0 Å². The molecule has 14 heteroatoms. The third kappa shape index (κ3) is 6.77. The fraction of sp³-hybridized carbons (Fsp3) is 0.357. The molecular formula is C28H29Cl2F3N4O4S. The molecule has 2 aliphatic heterocycles. The summed E-state index contributed by atoms with van der Waals surface area (Å²) < 4.78 is 74.0. The van der Waals surface area contributed by atoms with Crippen molar-refractivity contribution in [3.05, 3.63) is 83.5 Å². The topological polar surface area (TPSA) is 83.1 Å². The molecule has 1 atom stereocenters. The van der Waals surface area contributed by atoms with E-state index < -0.39 is 33.3 Å². The smallest absolute Gasteiger partial charge is 0.416 e. The van der Waals surface area contributed by atoms with E-state index in [0.29, 0.717) is 37.6 Å². The predicted molar refractivity (Wildman–Crippen MR) is 155 cm³/mol. The minimum atomic E-state index is -4.53. The summed E-state index contributed by atoms with van der Waals surface area (Å²) in [7, 11) is -4.02. The SMILES string of the molecule is Cl.O=C(N1CCN(c2ccccn2)CC1)C1(Oc2ccc(C(F)(F)F)cc2)CCCN(S(=O)(=O)c2ccc(Cl)cc2)C1. The highest BCUT2D eigenvalue weighted by Gasteiger charge is 2.50. The van der Waals surface area contributed by atoms with Crippen LogP contribution in [-0.4, -0.2) is 73.4 Å². The van der Waals surface area contributed by atoms with Gasteiger partial charge < -0.3 is 14.5 Å². The molecule has 0 radical (unpaired) electrons. The Balaban J connectivity index is 0.00000405. The van der Waals surface area contributed by atoms with Crippen LogP contribution >= 0.6 is 24.0 Å². The van der Waals surface area contributed by atoms with Crippen molar-refractivity contribution < 1.29 is 31.1 Å². The van der Waals surface area contributed by atoms with Gasteiger partial charge in [-0.05, 0) is 73.5 Å². The average Bonchev–Trinajstić information content (AvgIpc) is 2.97. The van der Waals surface area contributed by atoms with Crippen LogP contribution in [0.25, 0.3) is 0 Å². The molecule has 0 N–H and O–H groups in total. The number of nitrogens with zero attached hydrogens (tertiary/aromatic N) is 4. The van der Waals surface area contributed by atoms with Crippen molar-refractivity contribution in [2.24, 2.45) is 0 Å². The van der Waals surface area contributed by atoms with Gasteiger partial charge in [-0.15, -0.1) is 12.4 Å². The first-order valence-corrected chi connectivity index (χ1v) is 14.9. The molecule has 3 heterocycles. The minimum Gasteiger partial charge on any atom is -0.476 e. The second-order valence-corrected chi connectivity index (χ2v) is 12.4. The van der Waals surface area contributed by atoms with Gasteiger partial charge in [0.15, 0.2) is 0 Å². The van der Waals surface area contributed by atoms with E-state index in [-0.39, 0.29) is 42.6 Å². The predicted octanol–water partition coefficient (Wildman–Crippen LogP) is 5.13. The van der Waals surface area contributed by atoms with Gasteiger partial charge in [0.2, 0.25) is 15.6 Å². The van der Waals surface area contributed by atoms with Crippen molar-refractivity contribution in [2.75, 3.05) is 44.2 Å². The lowest BCUT2D eigenvalue weighted by atomic mass is 9.91. The molecule has 8 nitrogen and oxygen atoms in total. The zero-order chi connectivity index (χ0) is 29.3. The fourth-order valence-corrected chi connectivity index (χ4v) is 6.80. The van der Waals surface area contributed by atoms with Crippen molar-refractivity contribution in [1.82, 2.24) is 14.2 Å². The number of halogens is 5. The number of amides is 1. The van der Waals surface area contributed by atoms with Crippen LogP contribution in [0.1, 0.15) is 18.4 Å². The normalized spacial score (nSPS) is 20.1. The summed E-state index contributed by atoms with van der Waals surface area (Å²) in [4.78, 5) is 22.2. The zero-order valence-corrected chi connectivity index (χ0v) is 24.7. The minimum absolute atomic E-state index is 0. The van der Waals surface area contributed by atoms with Crippen molar-refractivity contribution in [2.45, 2.75) is 29.5 Å². The number of sulfonamides is 1. The van der Waals surface area contributed by atoms with Crippen molar-refractivity contribution in [1.29, 1.82) is 0 Å². The van der Waals surface area contributed by atoms with Crippen LogP contribution in [0.5, 0.6) is 5.75 Å². The molecule has 226 valence electrons. The van der Waals surface area contributed by atoms with Crippen LogP contribution < -0.4 is 9.64 Å². The third-order valence-electron chi connectivity index (χ3n) is 7.30. The first-order chi connectivity index (χ1) is 19.5. The number of carbonyl (C=O) groups excluding carboxylic acids is 1. The monoisotopic (exact) mass is 644 g/mol. The number of rotatable bonds is 6. The molecule has 5 rings (SSSR count). The van der Waals surface area contributed by atoms with Gasteiger partial charge in [-0.1, -0.05) is 17.7 Å². The van der Waals surface area contributed by atoms with E-state index in [0.717, 1.165) is 30.1 Å². The molecular weight excluding hydrogens is 616 g/mol. The fourth-order valence-electron chi connectivity index (χ4n) is 5.15. The Morgan fingerprint density at radius 1 is 0.929 bits per heavy atom. The van der Waals surface area contributed by atoms with Crippen LogP contribution in [0, 0.1) is 0 Å². The molecule has 3 aromatic rings. The van der Waals surface area contributed by atoms with Crippen molar-refractivity contribution in [3.63, 3.8) is 0 Å². The molecule has 2 saturated heterocycles. The number of hydrogen-bond acceptors (Lipinski definition) is 6. The summed E-state index contributed by atoms with van der Waals surface area (Å²) in [5.41, 5.74) is -2.49. The number of hydrogen-bond donors (Lipinski definition) is 0. The summed E-state index contributed by atoms with van der Waals surface area (Å²) in [5.74, 6) is 0.423. The molecule has 42 heavy (non-hydrogen) atoms. The van der Waals surface area contributed by atoms with Gasteiger partial charge in [0, 0.05) is 43.9 Å². The molecule has 0 bridgehead atoms. The number of aromatic nitrogens is 1. The first kappa shape index (κ1) is 31.9. The van der Waals surface area contributed by atoms with Gasteiger partial charge in [0.25, 0.3) is 5.91 Å². The Hall–Kier alpha value is -3.06. The molecule has 1 unspecified atom stereocenters. The number of ether oxygens (including phenoxy) is 1. The van der Waals surface area contributed by atoms with Gasteiger partial charge in [0.1, 0.15) is 11.6 Å². The quantitative estimate of drug-likeness (QED) is 0.370. The van der Waals surface area contributed by atoms with E-state index in [1.165, 1.54) is 28.6 Å². The molecule has 0 saturated carbocycles. The molecule has 1 amide bonds. The maximum atomic E-state index is 14.2. The molecule has 0 aliphatic carbocycles. The van der Waals surface area contributed by atoms with E-state index in [4.69, 9.17) is 16.3 Å². The first-order valence-electron chi connectivity index (χ1n) is 13.1. The summed E-state index contributed by atoms with van der Waals surface area (Å²) in [6.45, 7) is 1.56. The number of piperidine rings is 1. The summed E-state index contributed by atoms with van der Waals surface area (Å²) in [6, 6.07) is 15.4. The van der Waals surface area contributed by atoms with Gasteiger partial charge >= 0.3 is 6.18 Å². The van der Waals surface area contributed by atoms with Gasteiger partial charge in [-0.3, -0.25) is 4.79 Å². The Morgan fingerprint density at radius 2 is 1.60 bits per heavy atom. The summed E-state index contributed by atoms with van der Waals surface area (Å²) in [5, 5.41) is 0.377. The number of piperazine rings is 1. The van der Waals surface area contributed by atoms with Crippen LogP contribution in [0.2, 0.25) is 5.02 Å². The third-order valence-corrected chi connectivity index (χ3v) is 9.41. The Labute approximate surface area is 253 Å². The maximum Gasteiger partial charge on any atom is 0.416 e. The Kier molecular flexibility index (Phi) is 9.61. The highest BCUT2D eigenvalue weighted by atomic mass is 35.5. The second kappa shape index (κ2) is 12.7. The summed E-state index contributed by atoms with van der Waals surface area (Å²) in [6.07, 6.45) is -2.34. The lowest BCUT2D eigenvalue weighted by Crippen LogP contribution is -2.64. The lowest BCUT2D eigenvalue weighted by Gasteiger charge is -2.45.